The summed E-state index contributed by atoms with van der Waals surface area (Å²) >= 11 is 0. The van der Waals surface area contributed by atoms with Gasteiger partial charge in [-0.05, 0) is 55.7 Å². The van der Waals surface area contributed by atoms with Crippen molar-refractivity contribution in [1.29, 1.82) is 0 Å². The number of rotatable bonds is 3. The van der Waals surface area contributed by atoms with Gasteiger partial charge in [0.1, 0.15) is 29.0 Å². The molecule has 0 saturated heterocycles. The Hall–Kier alpha value is -3.22. The van der Waals surface area contributed by atoms with E-state index in [0.29, 0.717) is 36.5 Å². The van der Waals surface area contributed by atoms with Crippen LogP contribution < -0.4 is 14.8 Å². The third kappa shape index (κ3) is 3.74. The van der Waals surface area contributed by atoms with Crippen LogP contribution in [-0.4, -0.2) is 23.8 Å². The molecule has 146 valence electrons. The third-order valence-electron chi connectivity index (χ3n) is 4.86. The molecule has 1 atom stereocenters. The van der Waals surface area contributed by atoms with Gasteiger partial charge in [-0.1, -0.05) is 0 Å². The standard InChI is InChI=1S/C21H21NO6/c1-21(2)18(27-20(24)22-8-7-15-4-3-9-25-15)11-14-10-13-5-6-19(23)26-16(13)12-17(14)28-21/h3-4,7-10,12,18H,5-6,11H2,1-2H3,(H,22,24)/b8-7+/t18-/m1/s1. The summed E-state index contributed by atoms with van der Waals surface area (Å²) in [5.41, 5.74) is 1.16. The smallest absolute Gasteiger partial charge is 0.411 e. The fourth-order valence-corrected chi connectivity index (χ4v) is 3.33. The summed E-state index contributed by atoms with van der Waals surface area (Å²) in [5, 5.41) is 2.57. The molecule has 2 aromatic rings. The van der Waals surface area contributed by atoms with Gasteiger partial charge in [-0.3, -0.25) is 10.1 Å². The first-order chi connectivity index (χ1) is 13.4. The number of fused-ring (bicyclic) bond motifs is 2. The molecule has 1 amide bonds. The molecule has 4 rings (SSSR count). The number of esters is 1. The molecule has 2 aliphatic rings. The monoisotopic (exact) mass is 383 g/mol. The van der Waals surface area contributed by atoms with Gasteiger partial charge in [0.2, 0.25) is 0 Å². The molecule has 7 heteroatoms. The lowest BCUT2D eigenvalue weighted by molar-refractivity contribution is -0.135. The molecule has 0 fully saturated rings. The molecule has 1 N–H and O–H groups in total. The van der Waals surface area contributed by atoms with Crippen LogP contribution in [0.25, 0.3) is 6.08 Å². The largest absolute Gasteiger partial charge is 0.484 e. The second kappa shape index (κ2) is 7.07. The van der Waals surface area contributed by atoms with Crippen LogP contribution in [0.5, 0.6) is 11.5 Å². The van der Waals surface area contributed by atoms with Crippen molar-refractivity contribution in [3.8, 4) is 11.5 Å². The zero-order chi connectivity index (χ0) is 19.7. The number of alkyl carbamates (subject to hydrolysis) is 1. The van der Waals surface area contributed by atoms with Gasteiger partial charge < -0.3 is 18.6 Å². The summed E-state index contributed by atoms with van der Waals surface area (Å²) in [6.07, 6.45) is 5.12. The summed E-state index contributed by atoms with van der Waals surface area (Å²) in [5.74, 6) is 1.59. The maximum Gasteiger partial charge on any atom is 0.411 e. The van der Waals surface area contributed by atoms with Crippen LogP contribution in [0.1, 0.15) is 37.2 Å². The number of aryl methyl sites for hydroxylation is 1. The van der Waals surface area contributed by atoms with Crippen LogP contribution in [0.2, 0.25) is 0 Å². The fourth-order valence-electron chi connectivity index (χ4n) is 3.33. The molecule has 3 heterocycles. The number of amides is 1. The average Bonchev–Trinajstić information content (AvgIpc) is 3.14. The molecule has 2 aliphatic heterocycles. The zero-order valence-electron chi connectivity index (χ0n) is 15.7. The molecule has 0 unspecified atom stereocenters. The summed E-state index contributed by atoms with van der Waals surface area (Å²) in [7, 11) is 0. The third-order valence-corrected chi connectivity index (χ3v) is 4.86. The Morgan fingerprint density at radius 3 is 2.89 bits per heavy atom. The number of nitrogens with one attached hydrogen (secondary N) is 1. The SMILES string of the molecule is CC1(C)Oc2cc3c(cc2C[C@H]1OC(=O)N/C=C/c1ccco1)CCC(=O)O3. The van der Waals surface area contributed by atoms with Gasteiger partial charge in [0.25, 0.3) is 0 Å². The van der Waals surface area contributed by atoms with E-state index in [0.717, 1.165) is 11.1 Å². The van der Waals surface area contributed by atoms with E-state index >= 15 is 0 Å². The average molecular weight is 383 g/mol. The Balaban J connectivity index is 1.45. The fraction of sp³-hybridized carbons (Fsp3) is 0.333. The Kier molecular flexibility index (Phi) is 4.58. The number of benzene rings is 1. The Bertz CT molecular complexity index is 929. The van der Waals surface area contributed by atoms with Gasteiger partial charge in [0.05, 0.1) is 12.7 Å². The second-order valence-electron chi connectivity index (χ2n) is 7.34. The van der Waals surface area contributed by atoms with Gasteiger partial charge in [0.15, 0.2) is 0 Å². The van der Waals surface area contributed by atoms with Crippen molar-refractivity contribution in [1.82, 2.24) is 5.32 Å². The van der Waals surface area contributed by atoms with E-state index in [-0.39, 0.29) is 5.97 Å². The molecule has 0 radical (unpaired) electrons. The highest BCUT2D eigenvalue weighted by molar-refractivity contribution is 5.76. The first kappa shape index (κ1) is 18.2. The predicted octanol–water partition coefficient (Wildman–Crippen LogP) is 3.61. The number of hydrogen-bond acceptors (Lipinski definition) is 6. The second-order valence-corrected chi connectivity index (χ2v) is 7.34. The first-order valence-electron chi connectivity index (χ1n) is 9.13. The molecule has 0 aliphatic carbocycles. The lowest BCUT2D eigenvalue weighted by Gasteiger charge is -2.39. The first-order valence-corrected chi connectivity index (χ1v) is 9.13. The molecule has 7 nitrogen and oxygen atoms in total. The topological polar surface area (TPSA) is 87.0 Å². The normalized spacial score (nSPS) is 19.9. The minimum absolute atomic E-state index is 0.233. The van der Waals surface area contributed by atoms with Gasteiger partial charge in [-0.15, -0.1) is 0 Å². The van der Waals surface area contributed by atoms with Crippen molar-refractivity contribution < 1.29 is 28.2 Å². The van der Waals surface area contributed by atoms with Crippen LogP contribution in [0.4, 0.5) is 4.79 Å². The molecule has 0 saturated carbocycles. The molecular formula is C21H21NO6. The number of hydrogen-bond donors (Lipinski definition) is 1. The van der Waals surface area contributed by atoms with E-state index in [4.69, 9.17) is 18.6 Å². The maximum absolute atomic E-state index is 12.2. The van der Waals surface area contributed by atoms with Gasteiger partial charge in [-0.2, -0.15) is 0 Å². The maximum atomic E-state index is 12.2. The van der Waals surface area contributed by atoms with E-state index in [1.54, 1.807) is 30.5 Å². The van der Waals surface area contributed by atoms with Crippen molar-refractivity contribution in [2.45, 2.75) is 44.8 Å². The summed E-state index contributed by atoms with van der Waals surface area (Å²) in [6.45, 7) is 3.72. The van der Waals surface area contributed by atoms with Crippen LogP contribution in [0.3, 0.4) is 0 Å². The van der Waals surface area contributed by atoms with Crippen LogP contribution in [-0.2, 0) is 22.4 Å². The van der Waals surface area contributed by atoms with E-state index in [9.17, 15) is 9.59 Å². The molecule has 0 bridgehead atoms. The lowest BCUT2D eigenvalue weighted by atomic mass is 9.89. The van der Waals surface area contributed by atoms with Crippen molar-refractivity contribution in [2.75, 3.05) is 0 Å². The Labute approximate surface area is 162 Å². The van der Waals surface area contributed by atoms with Crippen molar-refractivity contribution in [2.24, 2.45) is 0 Å². The predicted molar refractivity (Wildman–Crippen MR) is 100.0 cm³/mol. The number of carbonyl (C=O) groups excluding carboxylic acids is 2. The van der Waals surface area contributed by atoms with E-state index in [1.807, 2.05) is 19.9 Å². The minimum Gasteiger partial charge on any atom is -0.484 e. The quantitative estimate of drug-likeness (QED) is 0.644. The van der Waals surface area contributed by atoms with E-state index < -0.39 is 17.8 Å². The van der Waals surface area contributed by atoms with Crippen molar-refractivity contribution in [3.63, 3.8) is 0 Å². The molecule has 1 aromatic carbocycles. The molecular weight excluding hydrogens is 362 g/mol. The highest BCUT2D eigenvalue weighted by atomic mass is 16.6. The summed E-state index contributed by atoms with van der Waals surface area (Å²) < 4.78 is 22.1. The van der Waals surface area contributed by atoms with Crippen molar-refractivity contribution in [3.05, 3.63) is 53.6 Å². The van der Waals surface area contributed by atoms with Gasteiger partial charge in [0, 0.05) is 18.7 Å². The Morgan fingerprint density at radius 2 is 2.11 bits per heavy atom. The van der Waals surface area contributed by atoms with E-state index in [2.05, 4.69) is 5.32 Å². The molecule has 28 heavy (non-hydrogen) atoms. The Morgan fingerprint density at radius 1 is 1.25 bits per heavy atom. The van der Waals surface area contributed by atoms with Gasteiger partial charge >= 0.3 is 12.1 Å². The van der Waals surface area contributed by atoms with Crippen LogP contribution >= 0.6 is 0 Å². The number of ether oxygens (including phenoxy) is 3. The number of carbonyl (C=O) groups is 2. The van der Waals surface area contributed by atoms with E-state index in [1.165, 1.54) is 6.20 Å². The molecule has 1 aromatic heterocycles. The minimum atomic E-state index is -0.734. The summed E-state index contributed by atoms with van der Waals surface area (Å²) in [4.78, 5) is 23.7. The highest BCUT2D eigenvalue weighted by Gasteiger charge is 2.40. The van der Waals surface area contributed by atoms with Crippen molar-refractivity contribution >= 4 is 18.1 Å². The zero-order valence-corrected chi connectivity index (χ0v) is 15.7. The lowest BCUT2D eigenvalue weighted by Crippen LogP contribution is -2.49. The van der Waals surface area contributed by atoms with Crippen LogP contribution in [0.15, 0.2) is 41.1 Å². The van der Waals surface area contributed by atoms with Crippen LogP contribution in [0, 0.1) is 0 Å². The summed E-state index contributed by atoms with van der Waals surface area (Å²) in [6, 6.07) is 7.26. The highest BCUT2D eigenvalue weighted by Crippen LogP contribution is 2.40. The number of furan rings is 1. The molecule has 0 spiro atoms. The van der Waals surface area contributed by atoms with Gasteiger partial charge in [-0.25, -0.2) is 4.79 Å².